The van der Waals surface area contributed by atoms with Crippen molar-refractivity contribution in [2.75, 3.05) is 0 Å². The summed E-state index contributed by atoms with van der Waals surface area (Å²) in [5, 5.41) is 4.02. The first-order chi connectivity index (χ1) is 11.0. The van der Waals surface area contributed by atoms with E-state index < -0.39 is 0 Å². The van der Waals surface area contributed by atoms with E-state index in [2.05, 4.69) is 10.3 Å². The molecule has 2 aromatic carbocycles. The van der Waals surface area contributed by atoms with Gasteiger partial charge in [0.25, 0.3) is 5.91 Å². The fourth-order valence-electron chi connectivity index (χ4n) is 2.14. The first kappa shape index (κ1) is 15.8. The molecule has 1 heterocycles. The fraction of sp³-hybridized carbons (Fsp3) is 0.111. The predicted octanol–water partition coefficient (Wildman–Crippen LogP) is 4.85. The second kappa shape index (κ2) is 6.60. The zero-order valence-corrected chi connectivity index (χ0v) is 14.3. The molecule has 23 heavy (non-hydrogen) atoms. The van der Waals surface area contributed by atoms with Gasteiger partial charge < -0.3 is 5.32 Å². The Morgan fingerprint density at radius 3 is 2.65 bits per heavy atom. The summed E-state index contributed by atoms with van der Waals surface area (Å²) in [7, 11) is 0. The van der Waals surface area contributed by atoms with E-state index in [1.54, 1.807) is 6.07 Å². The Morgan fingerprint density at radius 1 is 1.13 bits per heavy atom. The van der Waals surface area contributed by atoms with Crippen LogP contribution in [0.25, 0.3) is 6.08 Å². The molecule has 0 radical (unpaired) electrons. The van der Waals surface area contributed by atoms with Crippen molar-refractivity contribution in [1.29, 1.82) is 0 Å². The van der Waals surface area contributed by atoms with Crippen LogP contribution in [0, 0.1) is 13.8 Å². The van der Waals surface area contributed by atoms with Gasteiger partial charge in [0.15, 0.2) is 5.17 Å². The van der Waals surface area contributed by atoms with Crippen molar-refractivity contribution in [3.05, 3.63) is 69.1 Å². The quantitative estimate of drug-likeness (QED) is 0.793. The van der Waals surface area contributed by atoms with Crippen molar-refractivity contribution in [2.24, 2.45) is 4.99 Å². The standard InChI is InChI=1S/C18H15ClN2OS/c1-11-5-3-4-6-13(11)9-16-17(22)21-18(23-16)20-14-8-7-12(2)15(19)10-14/h3-10H,1-2H3,(H,20,21,22)/b16-9-. The molecule has 1 fully saturated rings. The zero-order valence-electron chi connectivity index (χ0n) is 12.8. The van der Waals surface area contributed by atoms with Crippen molar-refractivity contribution in [1.82, 2.24) is 5.32 Å². The summed E-state index contributed by atoms with van der Waals surface area (Å²) in [6.07, 6.45) is 1.89. The number of halogens is 1. The van der Waals surface area contributed by atoms with Gasteiger partial charge in [0.05, 0.1) is 10.6 Å². The molecule has 3 nitrogen and oxygen atoms in total. The Morgan fingerprint density at radius 2 is 1.91 bits per heavy atom. The van der Waals surface area contributed by atoms with Crippen LogP contribution in [0.3, 0.4) is 0 Å². The van der Waals surface area contributed by atoms with Gasteiger partial charge in [0, 0.05) is 5.02 Å². The number of rotatable bonds is 2. The van der Waals surface area contributed by atoms with E-state index >= 15 is 0 Å². The van der Waals surface area contributed by atoms with E-state index in [4.69, 9.17) is 11.6 Å². The first-order valence-electron chi connectivity index (χ1n) is 7.14. The Kier molecular flexibility index (Phi) is 4.55. The molecule has 0 aromatic heterocycles. The number of aryl methyl sites for hydroxylation is 2. The molecule has 1 amide bonds. The highest BCUT2D eigenvalue weighted by atomic mass is 35.5. The van der Waals surface area contributed by atoms with Crippen LogP contribution in [0.2, 0.25) is 5.02 Å². The molecule has 0 unspecified atom stereocenters. The fourth-order valence-corrected chi connectivity index (χ4v) is 3.15. The minimum absolute atomic E-state index is 0.129. The topological polar surface area (TPSA) is 41.5 Å². The van der Waals surface area contributed by atoms with Crippen LogP contribution in [0.5, 0.6) is 0 Å². The van der Waals surface area contributed by atoms with Crippen LogP contribution in [0.15, 0.2) is 52.4 Å². The molecule has 1 aliphatic heterocycles. The van der Waals surface area contributed by atoms with Gasteiger partial charge in [-0.05, 0) is 60.5 Å². The van der Waals surface area contributed by atoms with Crippen LogP contribution in [-0.4, -0.2) is 11.1 Å². The van der Waals surface area contributed by atoms with Gasteiger partial charge >= 0.3 is 0 Å². The van der Waals surface area contributed by atoms with Crippen LogP contribution in [-0.2, 0) is 4.79 Å². The minimum Gasteiger partial charge on any atom is -0.300 e. The molecule has 0 bridgehead atoms. The SMILES string of the molecule is Cc1ccc(N=C2NC(=O)/C(=C/c3ccccc3C)S2)cc1Cl. The van der Waals surface area contributed by atoms with E-state index in [0.29, 0.717) is 15.1 Å². The lowest BCUT2D eigenvalue weighted by Crippen LogP contribution is -2.19. The molecule has 1 aliphatic rings. The second-order valence-electron chi connectivity index (χ2n) is 5.27. The maximum Gasteiger partial charge on any atom is 0.264 e. The molecule has 116 valence electrons. The van der Waals surface area contributed by atoms with E-state index in [1.165, 1.54) is 11.8 Å². The van der Waals surface area contributed by atoms with E-state index in [0.717, 1.165) is 22.4 Å². The molecular formula is C18H15ClN2OS. The third-order valence-corrected chi connectivity index (χ3v) is 4.83. The molecule has 5 heteroatoms. The average Bonchev–Trinajstić information content (AvgIpc) is 2.85. The number of amides is 1. The lowest BCUT2D eigenvalue weighted by atomic mass is 10.1. The Balaban J connectivity index is 1.86. The first-order valence-corrected chi connectivity index (χ1v) is 8.34. The van der Waals surface area contributed by atoms with Gasteiger partial charge in [0.2, 0.25) is 0 Å². The zero-order chi connectivity index (χ0) is 16.4. The highest BCUT2D eigenvalue weighted by molar-refractivity contribution is 8.18. The molecule has 1 N–H and O–H groups in total. The van der Waals surface area contributed by atoms with E-state index in [9.17, 15) is 4.79 Å². The summed E-state index contributed by atoms with van der Waals surface area (Å²) in [5.41, 5.74) is 3.88. The number of thioether (sulfide) groups is 1. The Bertz CT molecular complexity index is 843. The number of aliphatic imine (C=N–C) groups is 1. The maximum atomic E-state index is 12.1. The van der Waals surface area contributed by atoms with Crippen molar-refractivity contribution >= 4 is 46.2 Å². The average molecular weight is 343 g/mol. The number of nitrogens with one attached hydrogen (secondary N) is 1. The third-order valence-electron chi connectivity index (χ3n) is 3.51. The summed E-state index contributed by atoms with van der Waals surface area (Å²) in [6, 6.07) is 13.5. The number of carbonyl (C=O) groups is 1. The number of hydrogen-bond donors (Lipinski definition) is 1. The largest absolute Gasteiger partial charge is 0.300 e. The molecule has 0 aliphatic carbocycles. The molecule has 0 atom stereocenters. The summed E-state index contributed by atoms with van der Waals surface area (Å²) < 4.78 is 0. The second-order valence-corrected chi connectivity index (χ2v) is 6.71. The monoisotopic (exact) mass is 342 g/mol. The lowest BCUT2D eigenvalue weighted by Gasteiger charge is -2.00. The highest BCUT2D eigenvalue weighted by Gasteiger charge is 2.23. The van der Waals surface area contributed by atoms with Gasteiger partial charge in [0.1, 0.15) is 0 Å². The Labute approximate surface area is 144 Å². The lowest BCUT2D eigenvalue weighted by molar-refractivity contribution is -0.115. The predicted molar refractivity (Wildman–Crippen MR) is 98.2 cm³/mol. The summed E-state index contributed by atoms with van der Waals surface area (Å²) in [5.74, 6) is -0.129. The van der Waals surface area contributed by atoms with Gasteiger partial charge in [-0.15, -0.1) is 0 Å². The van der Waals surface area contributed by atoms with Gasteiger partial charge in [-0.25, -0.2) is 4.99 Å². The van der Waals surface area contributed by atoms with E-state index in [-0.39, 0.29) is 5.91 Å². The van der Waals surface area contributed by atoms with E-state index in [1.807, 2.05) is 56.3 Å². The smallest absolute Gasteiger partial charge is 0.264 e. The highest BCUT2D eigenvalue weighted by Crippen LogP contribution is 2.29. The molecule has 0 saturated carbocycles. The summed E-state index contributed by atoms with van der Waals surface area (Å²) in [4.78, 5) is 17.2. The minimum atomic E-state index is -0.129. The Hall–Kier alpha value is -2.04. The molecule has 3 rings (SSSR count). The molecule has 0 spiro atoms. The molecule has 1 saturated heterocycles. The number of nitrogens with zero attached hydrogens (tertiary/aromatic N) is 1. The number of amidine groups is 1. The normalized spacial score (nSPS) is 17.8. The van der Waals surface area contributed by atoms with Crippen LogP contribution >= 0.6 is 23.4 Å². The van der Waals surface area contributed by atoms with Crippen LogP contribution < -0.4 is 5.32 Å². The molecular weight excluding hydrogens is 328 g/mol. The van der Waals surface area contributed by atoms with Gasteiger partial charge in [-0.3, -0.25) is 4.79 Å². The van der Waals surface area contributed by atoms with Gasteiger partial charge in [-0.2, -0.15) is 0 Å². The maximum absolute atomic E-state index is 12.1. The van der Waals surface area contributed by atoms with Crippen molar-refractivity contribution < 1.29 is 4.79 Å². The number of hydrogen-bond acceptors (Lipinski definition) is 3. The summed E-state index contributed by atoms with van der Waals surface area (Å²) in [6.45, 7) is 3.96. The van der Waals surface area contributed by atoms with Crippen molar-refractivity contribution in [3.63, 3.8) is 0 Å². The van der Waals surface area contributed by atoms with Crippen molar-refractivity contribution in [2.45, 2.75) is 13.8 Å². The molecule has 2 aromatic rings. The number of carbonyl (C=O) groups excluding carboxylic acids is 1. The van der Waals surface area contributed by atoms with Crippen LogP contribution in [0.1, 0.15) is 16.7 Å². The number of benzene rings is 2. The van der Waals surface area contributed by atoms with Crippen molar-refractivity contribution in [3.8, 4) is 0 Å². The van der Waals surface area contributed by atoms with Crippen LogP contribution in [0.4, 0.5) is 5.69 Å². The van der Waals surface area contributed by atoms with Gasteiger partial charge in [-0.1, -0.05) is 41.9 Å². The third kappa shape index (κ3) is 3.66. The summed E-state index contributed by atoms with van der Waals surface area (Å²) >= 11 is 7.44.